The van der Waals surface area contributed by atoms with E-state index in [0.717, 1.165) is 33.5 Å². The van der Waals surface area contributed by atoms with Gasteiger partial charge in [-0.3, -0.25) is 4.99 Å². The van der Waals surface area contributed by atoms with Gasteiger partial charge in [-0.2, -0.15) is 0 Å². The number of nitrogens with one attached hydrogen (secondary N) is 2. The first kappa shape index (κ1) is 24.5. The zero-order valence-electron chi connectivity index (χ0n) is 19.3. The molecule has 172 valence electrons. The quantitative estimate of drug-likeness (QED) is 0.203. The van der Waals surface area contributed by atoms with Gasteiger partial charge in [-0.1, -0.05) is 35.9 Å². The van der Waals surface area contributed by atoms with Gasteiger partial charge in [0, 0.05) is 38.6 Å². The maximum Gasteiger partial charge on any atom is 0.226 e. The van der Waals surface area contributed by atoms with E-state index in [1.165, 1.54) is 5.56 Å². The predicted molar refractivity (Wildman–Crippen MR) is 145 cm³/mol. The van der Waals surface area contributed by atoms with Crippen molar-refractivity contribution in [1.29, 1.82) is 0 Å². The minimum atomic E-state index is 0. The first-order valence-corrected chi connectivity index (χ1v) is 10.6. The molecule has 7 nitrogen and oxygen atoms in total. The molecule has 4 rings (SSSR count). The van der Waals surface area contributed by atoms with E-state index in [-0.39, 0.29) is 24.0 Å². The Balaban J connectivity index is 0.00000306. The van der Waals surface area contributed by atoms with Crippen LogP contribution in [-0.2, 0) is 13.1 Å². The van der Waals surface area contributed by atoms with Crippen LogP contribution in [0.4, 0.5) is 5.82 Å². The van der Waals surface area contributed by atoms with Gasteiger partial charge in [0.15, 0.2) is 5.96 Å². The van der Waals surface area contributed by atoms with Crippen LogP contribution in [0, 0.1) is 6.92 Å². The summed E-state index contributed by atoms with van der Waals surface area (Å²) in [5, 5.41) is 7.82. The number of aliphatic imine (C=N–C) groups is 1. The Labute approximate surface area is 211 Å². The third-order valence-electron chi connectivity index (χ3n) is 5.20. The van der Waals surface area contributed by atoms with Crippen LogP contribution >= 0.6 is 24.0 Å². The molecule has 0 radical (unpaired) electrons. The second-order valence-corrected chi connectivity index (χ2v) is 7.84. The average molecular weight is 556 g/mol. The summed E-state index contributed by atoms with van der Waals surface area (Å²) >= 11 is 0. The zero-order chi connectivity index (χ0) is 22.5. The minimum absolute atomic E-state index is 0. The fraction of sp³-hybridized carbons (Fsp3) is 0.240. The molecule has 0 atom stereocenters. The molecular formula is C25H29IN6O. The summed E-state index contributed by atoms with van der Waals surface area (Å²) in [7, 11) is 5.75. The van der Waals surface area contributed by atoms with Crippen LogP contribution in [0.25, 0.3) is 22.4 Å². The molecule has 0 aliphatic heterocycles. The van der Waals surface area contributed by atoms with Gasteiger partial charge in [-0.25, -0.2) is 9.97 Å². The number of halogens is 1. The second kappa shape index (κ2) is 11.1. The molecule has 0 bridgehead atoms. The molecule has 33 heavy (non-hydrogen) atoms. The van der Waals surface area contributed by atoms with Crippen LogP contribution in [0.5, 0.6) is 0 Å². The number of oxazole rings is 1. The monoisotopic (exact) mass is 556 g/mol. The van der Waals surface area contributed by atoms with E-state index in [0.29, 0.717) is 24.9 Å². The summed E-state index contributed by atoms with van der Waals surface area (Å²) in [6, 6.07) is 18.4. The Morgan fingerprint density at radius 1 is 1.00 bits per heavy atom. The van der Waals surface area contributed by atoms with Crippen molar-refractivity contribution in [2.75, 3.05) is 26.0 Å². The summed E-state index contributed by atoms with van der Waals surface area (Å²) in [5.74, 6) is 2.23. The van der Waals surface area contributed by atoms with Crippen LogP contribution in [0.3, 0.4) is 0 Å². The van der Waals surface area contributed by atoms with Crippen molar-refractivity contribution in [2.45, 2.75) is 20.0 Å². The van der Waals surface area contributed by atoms with E-state index >= 15 is 0 Å². The molecule has 0 fully saturated rings. The maximum atomic E-state index is 5.65. The van der Waals surface area contributed by atoms with Crippen molar-refractivity contribution in [3.8, 4) is 11.5 Å². The van der Waals surface area contributed by atoms with Crippen LogP contribution in [0.1, 0.15) is 16.8 Å². The highest BCUT2D eigenvalue weighted by Gasteiger charge is 2.10. The number of para-hydroxylation sites is 1. The summed E-state index contributed by atoms with van der Waals surface area (Å²) in [6.45, 7) is 3.19. The average Bonchev–Trinajstić information content (AvgIpc) is 3.28. The smallest absolute Gasteiger partial charge is 0.226 e. The summed E-state index contributed by atoms with van der Waals surface area (Å²) in [5.41, 5.74) is 5.12. The molecule has 2 aromatic carbocycles. The number of guanidine groups is 1. The van der Waals surface area contributed by atoms with E-state index in [1.807, 2.05) is 61.5 Å². The Morgan fingerprint density at radius 3 is 2.45 bits per heavy atom. The lowest BCUT2D eigenvalue weighted by molar-refractivity contribution is 0.572. The van der Waals surface area contributed by atoms with Gasteiger partial charge in [0.2, 0.25) is 5.89 Å². The fourth-order valence-corrected chi connectivity index (χ4v) is 3.40. The molecule has 0 amide bonds. The number of pyridine rings is 1. The van der Waals surface area contributed by atoms with Gasteiger partial charge >= 0.3 is 0 Å². The van der Waals surface area contributed by atoms with E-state index in [2.05, 4.69) is 39.7 Å². The zero-order valence-corrected chi connectivity index (χ0v) is 21.6. The van der Waals surface area contributed by atoms with Crippen molar-refractivity contribution < 1.29 is 4.42 Å². The Bertz CT molecular complexity index is 1230. The molecular weight excluding hydrogens is 527 g/mol. The molecule has 4 aromatic rings. The van der Waals surface area contributed by atoms with Gasteiger partial charge in [0.25, 0.3) is 0 Å². The first-order valence-electron chi connectivity index (χ1n) is 10.6. The van der Waals surface area contributed by atoms with Gasteiger partial charge in [-0.05, 0) is 36.8 Å². The van der Waals surface area contributed by atoms with Crippen LogP contribution in [-0.4, -0.2) is 37.1 Å². The fourth-order valence-electron chi connectivity index (χ4n) is 3.40. The topological polar surface area (TPSA) is 78.6 Å². The third-order valence-corrected chi connectivity index (χ3v) is 5.20. The SMILES string of the molecule is CN=C(NCc1coc(-c2ccc(C)cc2)n1)NCc1cc(N(C)C)nc2ccccc12.I. The van der Waals surface area contributed by atoms with Gasteiger partial charge in [0.1, 0.15) is 12.1 Å². The molecule has 0 saturated carbocycles. The Morgan fingerprint density at radius 2 is 1.73 bits per heavy atom. The largest absolute Gasteiger partial charge is 0.444 e. The maximum absolute atomic E-state index is 5.65. The number of hydrogen-bond acceptors (Lipinski definition) is 5. The van der Waals surface area contributed by atoms with E-state index < -0.39 is 0 Å². The Hall–Kier alpha value is -3.14. The van der Waals surface area contributed by atoms with Crippen LogP contribution < -0.4 is 15.5 Å². The van der Waals surface area contributed by atoms with Gasteiger partial charge < -0.3 is 20.0 Å². The van der Waals surface area contributed by atoms with Crippen molar-refractivity contribution >= 4 is 46.7 Å². The number of benzene rings is 2. The van der Waals surface area contributed by atoms with Crippen LogP contribution in [0.2, 0.25) is 0 Å². The van der Waals surface area contributed by atoms with Crippen molar-refractivity contribution in [1.82, 2.24) is 20.6 Å². The summed E-state index contributed by atoms with van der Waals surface area (Å²) < 4.78 is 5.65. The lowest BCUT2D eigenvalue weighted by atomic mass is 10.1. The third kappa shape index (κ3) is 6.01. The van der Waals surface area contributed by atoms with E-state index in [1.54, 1.807) is 13.3 Å². The highest BCUT2D eigenvalue weighted by atomic mass is 127. The number of fused-ring (bicyclic) bond motifs is 1. The lowest BCUT2D eigenvalue weighted by Crippen LogP contribution is -2.36. The normalized spacial score (nSPS) is 11.2. The Kier molecular flexibility index (Phi) is 8.26. The van der Waals surface area contributed by atoms with Crippen molar-refractivity contribution in [3.05, 3.63) is 77.7 Å². The molecule has 0 aliphatic rings. The van der Waals surface area contributed by atoms with Crippen molar-refractivity contribution in [3.63, 3.8) is 0 Å². The molecule has 2 heterocycles. The number of nitrogens with zero attached hydrogens (tertiary/aromatic N) is 4. The number of hydrogen-bond donors (Lipinski definition) is 2. The highest BCUT2D eigenvalue weighted by Crippen LogP contribution is 2.22. The molecule has 2 N–H and O–H groups in total. The first-order chi connectivity index (χ1) is 15.5. The standard InChI is InChI=1S/C25H28N6O.HI/c1-17-9-11-18(12-10-17)24-29-20(16-32-24)15-28-25(26-2)27-14-19-13-23(31(3)4)30-22-8-6-5-7-21(19)22;/h5-13,16H,14-15H2,1-4H3,(H2,26,27,28);1H. The number of aryl methyl sites for hydroxylation is 1. The molecule has 0 unspecified atom stereocenters. The predicted octanol–water partition coefficient (Wildman–Crippen LogP) is 4.75. The minimum Gasteiger partial charge on any atom is -0.444 e. The molecule has 2 aromatic heterocycles. The van der Waals surface area contributed by atoms with E-state index in [4.69, 9.17) is 9.40 Å². The van der Waals surface area contributed by atoms with Crippen LogP contribution in [0.15, 0.2) is 70.3 Å². The number of anilines is 1. The lowest BCUT2D eigenvalue weighted by Gasteiger charge is -2.16. The summed E-state index contributed by atoms with van der Waals surface area (Å²) in [6.07, 6.45) is 1.68. The molecule has 8 heteroatoms. The van der Waals surface area contributed by atoms with Crippen molar-refractivity contribution in [2.24, 2.45) is 4.99 Å². The van der Waals surface area contributed by atoms with Gasteiger partial charge in [0.05, 0.1) is 17.8 Å². The molecule has 0 aliphatic carbocycles. The number of aromatic nitrogens is 2. The second-order valence-electron chi connectivity index (χ2n) is 7.84. The molecule has 0 saturated heterocycles. The van der Waals surface area contributed by atoms with Gasteiger partial charge in [-0.15, -0.1) is 24.0 Å². The van der Waals surface area contributed by atoms with E-state index in [9.17, 15) is 0 Å². The molecule has 0 spiro atoms. The number of rotatable bonds is 6. The summed E-state index contributed by atoms with van der Waals surface area (Å²) in [4.78, 5) is 15.7. The highest BCUT2D eigenvalue weighted by molar-refractivity contribution is 14.0.